The van der Waals surface area contributed by atoms with E-state index in [2.05, 4.69) is 5.32 Å². The maximum Gasteiger partial charge on any atom is 0.371 e. The van der Waals surface area contributed by atoms with Gasteiger partial charge in [0.1, 0.15) is 5.76 Å². The summed E-state index contributed by atoms with van der Waals surface area (Å²) in [7, 11) is 0. The SMILES string of the molecule is CC(NC1CC2CCC1C2)c1ccc(C(=O)O)o1. The Morgan fingerprint density at radius 3 is 2.83 bits per heavy atom. The van der Waals surface area contributed by atoms with Gasteiger partial charge < -0.3 is 14.8 Å². The quantitative estimate of drug-likeness (QED) is 0.861. The number of carbonyl (C=O) groups is 1. The normalized spacial score (nSPS) is 31.7. The monoisotopic (exact) mass is 249 g/mol. The lowest BCUT2D eigenvalue weighted by Crippen LogP contribution is -2.35. The second-order valence-electron chi connectivity index (χ2n) is 5.68. The molecule has 18 heavy (non-hydrogen) atoms. The van der Waals surface area contributed by atoms with Gasteiger partial charge in [-0.05, 0) is 50.2 Å². The van der Waals surface area contributed by atoms with Crippen molar-refractivity contribution in [2.75, 3.05) is 0 Å². The smallest absolute Gasteiger partial charge is 0.371 e. The summed E-state index contributed by atoms with van der Waals surface area (Å²) >= 11 is 0. The molecule has 2 N–H and O–H groups in total. The van der Waals surface area contributed by atoms with Gasteiger partial charge in [0, 0.05) is 6.04 Å². The molecule has 2 saturated carbocycles. The highest BCUT2D eigenvalue weighted by Crippen LogP contribution is 2.45. The summed E-state index contributed by atoms with van der Waals surface area (Å²) in [5.41, 5.74) is 0. The average Bonchev–Trinajstić information content (AvgIpc) is 3.04. The molecule has 2 bridgehead atoms. The highest BCUT2D eigenvalue weighted by molar-refractivity contribution is 5.84. The zero-order chi connectivity index (χ0) is 12.7. The lowest BCUT2D eigenvalue weighted by molar-refractivity contribution is 0.0659. The van der Waals surface area contributed by atoms with Crippen LogP contribution in [0.2, 0.25) is 0 Å². The Kier molecular flexibility index (Phi) is 2.90. The predicted molar refractivity (Wildman–Crippen MR) is 66.5 cm³/mol. The second kappa shape index (κ2) is 4.43. The summed E-state index contributed by atoms with van der Waals surface area (Å²) in [5.74, 6) is 1.45. The Labute approximate surface area is 106 Å². The molecule has 0 radical (unpaired) electrons. The van der Waals surface area contributed by atoms with Crippen molar-refractivity contribution in [1.82, 2.24) is 5.32 Å². The third-order valence-electron chi connectivity index (χ3n) is 4.47. The van der Waals surface area contributed by atoms with E-state index in [1.165, 1.54) is 31.7 Å². The van der Waals surface area contributed by atoms with E-state index in [-0.39, 0.29) is 11.8 Å². The van der Waals surface area contributed by atoms with E-state index < -0.39 is 5.97 Å². The van der Waals surface area contributed by atoms with Gasteiger partial charge in [0.15, 0.2) is 0 Å². The molecular formula is C14H19NO3. The average molecular weight is 249 g/mol. The molecule has 2 fully saturated rings. The molecule has 0 saturated heterocycles. The van der Waals surface area contributed by atoms with E-state index in [9.17, 15) is 4.79 Å². The van der Waals surface area contributed by atoms with Crippen LogP contribution in [0.5, 0.6) is 0 Å². The Bertz CT molecular complexity index is 454. The van der Waals surface area contributed by atoms with Crippen LogP contribution < -0.4 is 5.32 Å². The first-order chi connectivity index (χ1) is 8.63. The van der Waals surface area contributed by atoms with Crippen molar-refractivity contribution in [3.8, 4) is 0 Å². The van der Waals surface area contributed by atoms with Crippen molar-refractivity contribution < 1.29 is 14.3 Å². The number of aromatic carboxylic acids is 1. The third-order valence-corrected chi connectivity index (χ3v) is 4.47. The van der Waals surface area contributed by atoms with E-state index >= 15 is 0 Å². The molecule has 4 atom stereocenters. The van der Waals surface area contributed by atoms with Crippen LogP contribution in [0.25, 0.3) is 0 Å². The minimum atomic E-state index is -1.01. The van der Waals surface area contributed by atoms with Crippen molar-refractivity contribution in [2.45, 2.75) is 44.7 Å². The lowest BCUT2D eigenvalue weighted by Gasteiger charge is -2.25. The van der Waals surface area contributed by atoms with Gasteiger partial charge in [0.05, 0.1) is 6.04 Å². The molecular weight excluding hydrogens is 230 g/mol. The van der Waals surface area contributed by atoms with Crippen LogP contribution in [-0.4, -0.2) is 17.1 Å². The van der Waals surface area contributed by atoms with Crippen LogP contribution in [0.4, 0.5) is 0 Å². The van der Waals surface area contributed by atoms with Crippen molar-refractivity contribution in [2.24, 2.45) is 11.8 Å². The topological polar surface area (TPSA) is 62.5 Å². The van der Waals surface area contributed by atoms with Crippen LogP contribution in [0.1, 0.15) is 55.0 Å². The lowest BCUT2D eigenvalue weighted by atomic mass is 9.94. The number of nitrogens with one attached hydrogen (secondary N) is 1. The standard InChI is InChI=1S/C14H19NO3/c1-8(12-4-5-13(18-12)14(16)17)15-11-7-9-2-3-10(11)6-9/h4-5,8-11,15H,2-3,6-7H2,1H3,(H,16,17). The summed E-state index contributed by atoms with van der Waals surface area (Å²) in [4.78, 5) is 10.8. The Balaban J connectivity index is 1.63. The Hall–Kier alpha value is -1.29. The van der Waals surface area contributed by atoms with Gasteiger partial charge >= 0.3 is 5.97 Å². The van der Waals surface area contributed by atoms with E-state index in [1.807, 2.05) is 6.92 Å². The van der Waals surface area contributed by atoms with E-state index in [4.69, 9.17) is 9.52 Å². The summed E-state index contributed by atoms with van der Waals surface area (Å²) in [5, 5.41) is 12.4. The Morgan fingerprint density at radius 2 is 2.28 bits per heavy atom. The van der Waals surface area contributed by atoms with Crippen molar-refractivity contribution >= 4 is 5.97 Å². The molecule has 1 aromatic rings. The maximum absolute atomic E-state index is 10.8. The molecule has 0 aromatic carbocycles. The number of hydrogen-bond donors (Lipinski definition) is 2. The second-order valence-corrected chi connectivity index (χ2v) is 5.68. The summed E-state index contributed by atoms with van der Waals surface area (Å²) < 4.78 is 5.34. The third kappa shape index (κ3) is 2.05. The first kappa shape index (κ1) is 11.8. The number of furan rings is 1. The van der Waals surface area contributed by atoms with Gasteiger partial charge in [-0.1, -0.05) is 6.42 Å². The number of carboxylic acids is 1. The fourth-order valence-corrected chi connectivity index (χ4v) is 3.55. The Morgan fingerprint density at radius 1 is 1.44 bits per heavy atom. The molecule has 0 amide bonds. The summed E-state index contributed by atoms with van der Waals surface area (Å²) in [6.07, 6.45) is 5.36. The van der Waals surface area contributed by atoms with Gasteiger partial charge in [-0.25, -0.2) is 4.79 Å². The summed E-state index contributed by atoms with van der Waals surface area (Å²) in [6.45, 7) is 2.04. The van der Waals surface area contributed by atoms with Crippen LogP contribution in [0.15, 0.2) is 16.5 Å². The fourth-order valence-electron chi connectivity index (χ4n) is 3.55. The number of fused-ring (bicyclic) bond motifs is 2. The molecule has 0 spiro atoms. The van der Waals surface area contributed by atoms with E-state index in [0.29, 0.717) is 6.04 Å². The minimum absolute atomic E-state index is 0.0200. The molecule has 4 heteroatoms. The highest BCUT2D eigenvalue weighted by Gasteiger charge is 2.39. The zero-order valence-electron chi connectivity index (χ0n) is 10.6. The van der Waals surface area contributed by atoms with Crippen LogP contribution in [0.3, 0.4) is 0 Å². The number of rotatable bonds is 4. The zero-order valence-corrected chi connectivity index (χ0v) is 10.6. The van der Waals surface area contributed by atoms with Crippen LogP contribution >= 0.6 is 0 Å². The van der Waals surface area contributed by atoms with Gasteiger partial charge in [-0.15, -0.1) is 0 Å². The molecule has 98 valence electrons. The molecule has 4 unspecified atom stereocenters. The predicted octanol–water partition coefficient (Wildman–Crippen LogP) is 2.82. The van der Waals surface area contributed by atoms with Gasteiger partial charge in [-0.2, -0.15) is 0 Å². The van der Waals surface area contributed by atoms with Gasteiger partial charge in [0.25, 0.3) is 0 Å². The molecule has 0 aliphatic heterocycles. The fraction of sp³-hybridized carbons (Fsp3) is 0.643. The van der Waals surface area contributed by atoms with Crippen LogP contribution in [0, 0.1) is 11.8 Å². The maximum atomic E-state index is 10.8. The minimum Gasteiger partial charge on any atom is -0.475 e. The van der Waals surface area contributed by atoms with E-state index in [1.54, 1.807) is 6.07 Å². The highest BCUT2D eigenvalue weighted by atomic mass is 16.4. The first-order valence-corrected chi connectivity index (χ1v) is 6.72. The molecule has 2 aliphatic rings. The molecule has 2 aliphatic carbocycles. The van der Waals surface area contributed by atoms with Crippen molar-refractivity contribution in [3.63, 3.8) is 0 Å². The molecule has 4 nitrogen and oxygen atoms in total. The van der Waals surface area contributed by atoms with Crippen molar-refractivity contribution in [3.05, 3.63) is 23.7 Å². The van der Waals surface area contributed by atoms with Gasteiger partial charge in [-0.3, -0.25) is 0 Å². The largest absolute Gasteiger partial charge is 0.475 e. The molecule has 1 heterocycles. The summed E-state index contributed by atoms with van der Waals surface area (Å²) in [6, 6.07) is 3.95. The number of hydrogen-bond acceptors (Lipinski definition) is 3. The van der Waals surface area contributed by atoms with Crippen molar-refractivity contribution in [1.29, 1.82) is 0 Å². The molecule has 1 aromatic heterocycles. The molecule has 3 rings (SSSR count). The van der Waals surface area contributed by atoms with Gasteiger partial charge in [0.2, 0.25) is 5.76 Å². The first-order valence-electron chi connectivity index (χ1n) is 6.72. The van der Waals surface area contributed by atoms with Crippen LogP contribution in [-0.2, 0) is 0 Å². The van der Waals surface area contributed by atoms with E-state index in [0.717, 1.165) is 17.6 Å². The number of carboxylic acid groups (broad SMARTS) is 1.